The first-order valence-corrected chi connectivity index (χ1v) is 12.4. The van der Waals surface area contributed by atoms with Gasteiger partial charge in [0.2, 0.25) is 0 Å². The van der Waals surface area contributed by atoms with E-state index in [9.17, 15) is 14.0 Å². The van der Waals surface area contributed by atoms with Crippen molar-refractivity contribution in [1.82, 2.24) is 5.32 Å². The fraction of sp³-hybridized carbons (Fsp3) is 0.448. The molecule has 202 valence electrons. The van der Waals surface area contributed by atoms with Crippen molar-refractivity contribution in [1.29, 1.82) is 0 Å². The minimum atomic E-state index is -1.15. The summed E-state index contributed by atoms with van der Waals surface area (Å²) in [6.07, 6.45) is 3.24. The SMILES string of the molecule is C=CCCCCc1cc(F)cc(F)c1-c1cc(C)c(F)c([C@H](CC(=O)OCC)NC(=O)OC(C)(C)C)c1. The molecule has 8 heteroatoms. The third-order valence-corrected chi connectivity index (χ3v) is 5.55. The number of alkyl carbamates (subject to hydrolysis) is 1. The Kier molecular flexibility index (Phi) is 10.8. The molecule has 0 radical (unpaired) electrons. The molecule has 0 aliphatic carbocycles. The average Bonchev–Trinajstić information content (AvgIpc) is 2.77. The largest absolute Gasteiger partial charge is 0.466 e. The monoisotopic (exact) mass is 519 g/mol. The van der Waals surface area contributed by atoms with E-state index >= 15 is 8.78 Å². The number of nitrogens with one attached hydrogen (secondary N) is 1. The smallest absolute Gasteiger partial charge is 0.408 e. The van der Waals surface area contributed by atoms with E-state index in [1.807, 2.05) is 0 Å². The van der Waals surface area contributed by atoms with Crippen LogP contribution in [0.5, 0.6) is 0 Å². The van der Waals surface area contributed by atoms with E-state index in [0.29, 0.717) is 24.0 Å². The molecule has 2 rings (SSSR count). The number of carbonyl (C=O) groups is 2. The maximum atomic E-state index is 15.4. The summed E-state index contributed by atoms with van der Waals surface area (Å²) in [4.78, 5) is 24.8. The number of halogens is 3. The summed E-state index contributed by atoms with van der Waals surface area (Å²) in [6.45, 7) is 11.9. The van der Waals surface area contributed by atoms with Crippen molar-refractivity contribution < 1.29 is 32.2 Å². The number of amides is 1. The molecule has 0 heterocycles. The lowest BCUT2D eigenvalue weighted by atomic mass is 9.90. The van der Waals surface area contributed by atoms with Gasteiger partial charge in [-0.05, 0) is 95.2 Å². The molecule has 2 aromatic carbocycles. The summed E-state index contributed by atoms with van der Waals surface area (Å²) in [5, 5.41) is 2.55. The number of benzene rings is 2. The lowest BCUT2D eigenvalue weighted by Gasteiger charge is -2.25. The molecule has 0 fully saturated rings. The van der Waals surface area contributed by atoms with Gasteiger partial charge < -0.3 is 14.8 Å². The van der Waals surface area contributed by atoms with Crippen molar-refractivity contribution in [3.63, 3.8) is 0 Å². The number of carbonyl (C=O) groups excluding carboxylic acids is 2. The Labute approximate surface area is 217 Å². The highest BCUT2D eigenvalue weighted by atomic mass is 19.1. The molecular formula is C29H36F3NO4. The summed E-state index contributed by atoms with van der Waals surface area (Å²) in [7, 11) is 0. The standard InChI is InChI=1S/C29H36F3NO4/c1-7-9-10-11-12-19-14-21(30)16-23(31)26(19)20-13-18(3)27(32)22(15-20)24(17-25(34)36-8-2)33-28(35)37-29(4,5)6/h7,13-16,24H,1,8-12,17H2,2-6H3,(H,33,35)/t24-/m0/s1. The van der Waals surface area contributed by atoms with E-state index in [4.69, 9.17) is 9.47 Å². The van der Waals surface area contributed by atoms with Gasteiger partial charge in [-0.25, -0.2) is 18.0 Å². The van der Waals surface area contributed by atoms with E-state index in [1.54, 1.807) is 33.8 Å². The maximum absolute atomic E-state index is 15.4. The van der Waals surface area contributed by atoms with Crippen molar-refractivity contribution in [3.8, 4) is 11.1 Å². The number of hydrogen-bond donors (Lipinski definition) is 1. The number of ether oxygens (including phenoxy) is 2. The average molecular weight is 520 g/mol. The van der Waals surface area contributed by atoms with Crippen LogP contribution in [-0.2, 0) is 20.7 Å². The molecule has 37 heavy (non-hydrogen) atoms. The molecule has 2 aromatic rings. The Balaban J connectivity index is 2.58. The predicted molar refractivity (Wildman–Crippen MR) is 138 cm³/mol. The van der Waals surface area contributed by atoms with Crippen LogP contribution in [0, 0.1) is 24.4 Å². The maximum Gasteiger partial charge on any atom is 0.408 e. The van der Waals surface area contributed by atoms with Gasteiger partial charge in [-0.1, -0.05) is 6.08 Å². The van der Waals surface area contributed by atoms with Crippen LogP contribution in [0.25, 0.3) is 11.1 Å². The van der Waals surface area contributed by atoms with Gasteiger partial charge in [0.15, 0.2) is 0 Å². The first-order chi connectivity index (χ1) is 17.4. The second-order valence-corrected chi connectivity index (χ2v) is 9.86. The molecule has 0 unspecified atom stereocenters. The third-order valence-electron chi connectivity index (χ3n) is 5.55. The summed E-state index contributed by atoms with van der Waals surface area (Å²) in [6, 6.07) is 3.77. The van der Waals surface area contributed by atoms with Crippen LogP contribution in [0.1, 0.15) is 76.1 Å². The van der Waals surface area contributed by atoms with Crippen molar-refractivity contribution in [2.75, 3.05) is 6.61 Å². The van der Waals surface area contributed by atoms with Crippen LogP contribution in [-0.4, -0.2) is 24.3 Å². The first-order valence-electron chi connectivity index (χ1n) is 12.4. The number of unbranched alkanes of at least 4 members (excludes halogenated alkanes) is 2. The molecule has 0 spiro atoms. The van der Waals surface area contributed by atoms with E-state index in [1.165, 1.54) is 25.1 Å². The second-order valence-electron chi connectivity index (χ2n) is 9.86. The lowest BCUT2D eigenvalue weighted by molar-refractivity contribution is -0.143. The van der Waals surface area contributed by atoms with Gasteiger partial charge in [0.05, 0.1) is 19.1 Å². The van der Waals surface area contributed by atoms with Crippen LogP contribution in [0.2, 0.25) is 0 Å². The van der Waals surface area contributed by atoms with Crippen LogP contribution in [0.4, 0.5) is 18.0 Å². The van der Waals surface area contributed by atoms with Gasteiger partial charge in [-0.15, -0.1) is 6.58 Å². The number of rotatable bonds is 11. The number of allylic oxidation sites excluding steroid dienone is 1. The Hall–Kier alpha value is -3.29. The molecule has 1 N–H and O–H groups in total. The van der Waals surface area contributed by atoms with Crippen molar-refractivity contribution in [2.24, 2.45) is 0 Å². The number of esters is 1. The Morgan fingerprint density at radius 1 is 1.11 bits per heavy atom. The molecule has 5 nitrogen and oxygen atoms in total. The van der Waals surface area contributed by atoms with Crippen molar-refractivity contribution in [2.45, 2.75) is 78.4 Å². The molecule has 0 saturated carbocycles. The normalized spacial score (nSPS) is 12.1. The molecule has 0 saturated heterocycles. The fourth-order valence-electron chi connectivity index (χ4n) is 4.02. The topological polar surface area (TPSA) is 64.6 Å². The summed E-state index contributed by atoms with van der Waals surface area (Å²) < 4.78 is 55.0. The highest BCUT2D eigenvalue weighted by molar-refractivity contribution is 5.75. The van der Waals surface area contributed by atoms with E-state index in [0.717, 1.165) is 18.9 Å². The Morgan fingerprint density at radius 2 is 1.81 bits per heavy atom. The zero-order valence-corrected chi connectivity index (χ0v) is 22.2. The molecular weight excluding hydrogens is 483 g/mol. The first kappa shape index (κ1) is 29.9. The molecule has 0 aliphatic heterocycles. The third kappa shape index (κ3) is 8.95. The van der Waals surface area contributed by atoms with E-state index in [2.05, 4.69) is 11.9 Å². The molecule has 0 aromatic heterocycles. The van der Waals surface area contributed by atoms with Gasteiger partial charge >= 0.3 is 12.1 Å². The number of hydrogen-bond acceptors (Lipinski definition) is 4. The van der Waals surface area contributed by atoms with Gasteiger partial charge in [0, 0.05) is 17.2 Å². The minimum Gasteiger partial charge on any atom is -0.466 e. The zero-order valence-electron chi connectivity index (χ0n) is 22.2. The Morgan fingerprint density at radius 3 is 2.43 bits per heavy atom. The quantitative estimate of drug-likeness (QED) is 0.190. The summed E-state index contributed by atoms with van der Waals surface area (Å²) in [5.41, 5.74) is 0.220. The zero-order chi connectivity index (χ0) is 27.8. The predicted octanol–water partition coefficient (Wildman–Crippen LogP) is 7.50. The van der Waals surface area contributed by atoms with Crippen molar-refractivity contribution in [3.05, 3.63) is 71.1 Å². The second kappa shape index (κ2) is 13.3. The van der Waals surface area contributed by atoms with E-state index in [-0.39, 0.29) is 29.7 Å². The summed E-state index contributed by atoms with van der Waals surface area (Å²) in [5.74, 6) is -2.80. The van der Waals surface area contributed by atoms with Gasteiger partial charge in [0.25, 0.3) is 0 Å². The summed E-state index contributed by atoms with van der Waals surface area (Å²) >= 11 is 0. The van der Waals surface area contributed by atoms with Gasteiger partial charge in [-0.3, -0.25) is 4.79 Å². The van der Waals surface area contributed by atoms with Crippen LogP contribution in [0.15, 0.2) is 36.9 Å². The Bertz CT molecular complexity index is 1130. The van der Waals surface area contributed by atoms with E-state index < -0.39 is 41.2 Å². The van der Waals surface area contributed by atoms with Crippen LogP contribution in [0.3, 0.4) is 0 Å². The molecule has 1 amide bonds. The van der Waals surface area contributed by atoms with Crippen LogP contribution >= 0.6 is 0 Å². The fourth-order valence-corrected chi connectivity index (χ4v) is 4.02. The lowest BCUT2D eigenvalue weighted by Crippen LogP contribution is -2.36. The van der Waals surface area contributed by atoms with Gasteiger partial charge in [0.1, 0.15) is 23.1 Å². The van der Waals surface area contributed by atoms with Crippen molar-refractivity contribution >= 4 is 12.1 Å². The van der Waals surface area contributed by atoms with Gasteiger partial charge in [-0.2, -0.15) is 0 Å². The highest BCUT2D eigenvalue weighted by Gasteiger charge is 2.27. The molecule has 0 aliphatic rings. The highest BCUT2D eigenvalue weighted by Crippen LogP contribution is 2.34. The molecule has 1 atom stereocenters. The molecule has 0 bridgehead atoms. The minimum absolute atomic E-state index is 0.0322. The van der Waals surface area contributed by atoms with Crippen LogP contribution < -0.4 is 5.32 Å². The number of aryl methyl sites for hydroxylation is 2.